The summed E-state index contributed by atoms with van der Waals surface area (Å²) in [6.45, 7) is 2.68. The number of rotatable bonds is 8. The van der Waals surface area contributed by atoms with Crippen molar-refractivity contribution in [3.8, 4) is 11.4 Å². The van der Waals surface area contributed by atoms with Gasteiger partial charge in [-0.3, -0.25) is 9.59 Å². The molecule has 0 radical (unpaired) electrons. The molecule has 1 aliphatic rings. The number of halogens is 1. The summed E-state index contributed by atoms with van der Waals surface area (Å²) < 4.78 is 1.95. The molecule has 1 aromatic carbocycles. The number of carbonyl (C=O) groups excluding carboxylic acids is 2. The Bertz CT molecular complexity index is 789. The van der Waals surface area contributed by atoms with Gasteiger partial charge in [0.1, 0.15) is 0 Å². The zero-order valence-electron chi connectivity index (χ0n) is 14.4. The summed E-state index contributed by atoms with van der Waals surface area (Å²) in [6.07, 6.45) is 2.05. The smallest absolute Gasteiger partial charge is 0.239 e. The number of thioether (sulfide) groups is 1. The minimum atomic E-state index is -0.209. The Morgan fingerprint density at radius 1 is 1.23 bits per heavy atom. The first-order chi connectivity index (χ1) is 12.6. The lowest BCUT2D eigenvalue weighted by Gasteiger charge is -2.08. The number of hydrogen-bond acceptors (Lipinski definition) is 5. The molecule has 9 heteroatoms. The van der Waals surface area contributed by atoms with Gasteiger partial charge in [-0.15, -0.1) is 10.2 Å². The summed E-state index contributed by atoms with van der Waals surface area (Å²) in [5, 5.41) is 15.2. The Labute approximate surface area is 160 Å². The van der Waals surface area contributed by atoms with E-state index in [4.69, 9.17) is 11.6 Å². The maximum absolute atomic E-state index is 12.0. The largest absolute Gasteiger partial charge is 0.352 e. The second-order valence-electron chi connectivity index (χ2n) is 5.96. The van der Waals surface area contributed by atoms with E-state index in [9.17, 15) is 9.59 Å². The predicted octanol–water partition coefficient (Wildman–Crippen LogP) is 2.11. The van der Waals surface area contributed by atoms with Gasteiger partial charge in [0.15, 0.2) is 11.0 Å². The van der Waals surface area contributed by atoms with Crippen molar-refractivity contribution >= 4 is 35.2 Å². The van der Waals surface area contributed by atoms with E-state index in [0.29, 0.717) is 22.8 Å². The van der Waals surface area contributed by atoms with E-state index < -0.39 is 0 Å². The number of nitrogens with one attached hydrogen (secondary N) is 2. The molecule has 1 fully saturated rings. The Hall–Kier alpha value is -2.06. The van der Waals surface area contributed by atoms with Crippen molar-refractivity contribution in [2.75, 3.05) is 12.3 Å². The van der Waals surface area contributed by atoms with Gasteiger partial charge >= 0.3 is 0 Å². The predicted molar refractivity (Wildman–Crippen MR) is 101 cm³/mol. The van der Waals surface area contributed by atoms with Gasteiger partial charge in [0, 0.05) is 23.2 Å². The van der Waals surface area contributed by atoms with Crippen LogP contribution in [0.25, 0.3) is 11.4 Å². The molecule has 0 aliphatic heterocycles. The SMILES string of the molecule is CCn1c(SCC(=O)NCC(=O)NC2CC2)nnc1-c1ccc(Cl)cc1. The van der Waals surface area contributed by atoms with Crippen LogP contribution in [-0.2, 0) is 16.1 Å². The summed E-state index contributed by atoms with van der Waals surface area (Å²) in [5.74, 6) is 0.554. The molecule has 138 valence electrons. The first-order valence-corrected chi connectivity index (χ1v) is 9.81. The average molecular weight is 394 g/mol. The van der Waals surface area contributed by atoms with Crippen LogP contribution in [0, 0.1) is 0 Å². The highest BCUT2D eigenvalue weighted by atomic mass is 35.5. The van der Waals surface area contributed by atoms with Gasteiger partial charge in [0.05, 0.1) is 12.3 Å². The normalized spacial score (nSPS) is 13.5. The van der Waals surface area contributed by atoms with Crippen molar-refractivity contribution in [2.24, 2.45) is 0 Å². The lowest BCUT2D eigenvalue weighted by molar-refractivity contribution is -0.124. The second kappa shape index (κ2) is 8.55. The minimum absolute atomic E-state index is 0.00634. The Morgan fingerprint density at radius 2 is 1.96 bits per heavy atom. The van der Waals surface area contributed by atoms with Crippen molar-refractivity contribution in [1.29, 1.82) is 0 Å². The second-order valence-corrected chi connectivity index (χ2v) is 7.34. The molecule has 2 aromatic rings. The van der Waals surface area contributed by atoms with E-state index in [-0.39, 0.29) is 24.1 Å². The molecular formula is C17H20ClN5O2S. The first kappa shape index (κ1) is 18.7. The maximum Gasteiger partial charge on any atom is 0.239 e. The van der Waals surface area contributed by atoms with Gasteiger partial charge in [-0.2, -0.15) is 0 Å². The Morgan fingerprint density at radius 3 is 2.62 bits per heavy atom. The molecule has 0 bridgehead atoms. The quantitative estimate of drug-likeness (QED) is 0.670. The highest BCUT2D eigenvalue weighted by Gasteiger charge is 2.23. The summed E-state index contributed by atoms with van der Waals surface area (Å²) in [4.78, 5) is 23.5. The molecular weight excluding hydrogens is 374 g/mol. The fraction of sp³-hybridized carbons (Fsp3) is 0.412. The molecule has 1 aromatic heterocycles. The number of benzene rings is 1. The van der Waals surface area contributed by atoms with Crippen molar-refractivity contribution in [3.05, 3.63) is 29.3 Å². The van der Waals surface area contributed by atoms with Crippen molar-refractivity contribution < 1.29 is 9.59 Å². The van der Waals surface area contributed by atoms with E-state index in [0.717, 1.165) is 24.2 Å². The Balaban J connectivity index is 1.55. The van der Waals surface area contributed by atoms with Crippen LogP contribution in [0.4, 0.5) is 0 Å². The molecule has 0 unspecified atom stereocenters. The zero-order chi connectivity index (χ0) is 18.5. The van der Waals surface area contributed by atoms with E-state index in [2.05, 4.69) is 20.8 Å². The third-order valence-electron chi connectivity index (χ3n) is 3.86. The van der Waals surface area contributed by atoms with Gasteiger partial charge in [-0.05, 0) is 44.0 Å². The van der Waals surface area contributed by atoms with Crippen LogP contribution in [0.3, 0.4) is 0 Å². The monoisotopic (exact) mass is 393 g/mol. The Kier molecular flexibility index (Phi) is 6.16. The summed E-state index contributed by atoms with van der Waals surface area (Å²) in [6, 6.07) is 7.68. The summed E-state index contributed by atoms with van der Waals surface area (Å²) in [5.41, 5.74) is 0.914. The topological polar surface area (TPSA) is 88.9 Å². The number of aromatic nitrogens is 3. The third-order valence-corrected chi connectivity index (χ3v) is 5.08. The van der Waals surface area contributed by atoms with E-state index in [1.165, 1.54) is 11.8 Å². The molecule has 1 saturated carbocycles. The minimum Gasteiger partial charge on any atom is -0.352 e. The molecule has 0 atom stereocenters. The van der Waals surface area contributed by atoms with E-state index in [1.807, 2.05) is 23.6 Å². The van der Waals surface area contributed by atoms with Gasteiger partial charge < -0.3 is 15.2 Å². The van der Waals surface area contributed by atoms with Gasteiger partial charge in [0.2, 0.25) is 11.8 Å². The van der Waals surface area contributed by atoms with Crippen molar-refractivity contribution in [3.63, 3.8) is 0 Å². The number of nitrogens with zero attached hydrogens (tertiary/aromatic N) is 3. The number of carbonyl (C=O) groups is 2. The third kappa shape index (κ3) is 4.98. The average Bonchev–Trinajstić information content (AvgIpc) is 3.35. The standard InChI is InChI=1S/C17H20ClN5O2S/c1-2-23-16(11-3-5-12(18)6-4-11)21-22-17(23)26-10-15(25)19-9-14(24)20-13-7-8-13/h3-6,13H,2,7-10H2,1H3,(H,19,25)(H,20,24). The molecule has 1 aliphatic carbocycles. The van der Waals surface area contributed by atoms with Crippen LogP contribution < -0.4 is 10.6 Å². The summed E-state index contributed by atoms with van der Waals surface area (Å²) in [7, 11) is 0. The lowest BCUT2D eigenvalue weighted by Crippen LogP contribution is -2.38. The van der Waals surface area contributed by atoms with Crippen LogP contribution in [0.15, 0.2) is 29.4 Å². The fourth-order valence-electron chi connectivity index (χ4n) is 2.36. The molecule has 1 heterocycles. The van der Waals surface area contributed by atoms with Crippen LogP contribution in [-0.4, -0.2) is 44.9 Å². The molecule has 2 N–H and O–H groups in total. The fourth-order valence-corrected chi connectivity index (χ4v) is 3.32. The van der Waals surface area contributed by atoms with E-state index in [1.54, 1.807) is 12.1 Å². The number of hydrogen-bond donors (Lipinski definition) is 2. The highest BCUT2D eigenvalue weighted by Crippen LogP contribution is 2.25. The molecule has 2 amide bonds. The molecule has 7 nitrogen and oxygen atoms in total. The molecule has 3 rings (SSSR count). The van der Waals surface area contributed by atoms with Crippen molar-refractivity contribution in [2.45, 2.75) is 37.5 Å². The van der Waals surface area contributed by atoms with E-state index >= 15 is 0 Å². The van der Waals surface area contributed by atoms with Gasteiger partial charge in [0.25, 0.3) is 0 Å². The van der Waals surface area contributed by atoms with Crippen LogP contribution in [0.1, 0.15) is 19.8 Å². The molecule has 0 saturated heterocycles. The van der Waals surface area contributed by atoms with Crippen LogP contribution in [0.2, 0.25) is 5.02 Å². The molecule has 26 heavy (non-hydrogen) atoms. The highest BCUT2D eigenvalue weighted by molar-refractivity contribution is 7.99. The van der Waals surface area contributed by atoms with Crippen molar-refractivity contribution in [1.82, 2.24) is 25.4 Å². The molecule has 0 spiro atoms. The van der Waals surface area contributed by atoms with Crippen LogP contribution >= 0.6 is 23.4 Å². The van der Waals surface area contributed by atoms with Gasteiger partial charge in [-0.25, -0.2) is 0 Å². The van der Waals surface area contributed by atoms with Gasteiger partial charge in [-0.1, -0.05) is 23.4 Å². The first-order valence-electron chi connectivity index (χ1n) is 8.44. The number of amides is 2. The van der Waals surface area contributed by atoms with Crippen LogP contribution in [0.5, 0.6) is 0 Å². The zero-order valence-corrected chi connectivity index (χ0v) is 15.9. The summed E-state index contributed by atoms with van der Waals surface area (Å²) >= 11 is 7.22. The maximum atomic E-state index is 12.0. The lowest BCUT2D eigenvalue weighted by atomic mass is 10.2.